The Labute approximate surface area is 111 Å². The Balaban J connectivity index is 1.82. The Hall–Kier alpha value is -1.11. The first-order valence-corrected chi connectivity index (χ1v) is 7.67. The molecular formula is C15H18O2S. The Morgan fingerprint density at radius 2 is 1.89 bits per heavy atom. The highest BCUT2D eigenvalue weighted by molar-refractivity contribution is 7.85. The second-order valence-corrected chi connectivity index (χ2v) is 6.22. The highest BCUT2D eigenvalue weighted by atomic mass is 32.2. The molecule has 0 bridgehead atoms. The van der Waals surface area contributed by atoms with Gasteiger partial charge < -0.3 is 5.11 Å². The second kappa shape index (κ2) is 6.17. The average molecular weight is 262 g/mol. The topological polar surface area (TPSA) is 37.3 Å². The van der Waals surface area contributed by atoms with E-state index in [9.17, 15) is 9.32 Å². The van der Waals surface area contributed by atoms with Gasteiger partial charge in [0.25, 0.3) is 0 Å². The van der Waals surface area contributed by atoms with E-state index < -0.39 is 16.4 Å². The summed E-state index contributed by atoms with van der Waals surface area (Å²) in [4.78, 5) is 0.846. The van der Waals surface area contributed by atoms with Gasteiger partial charge in [-0.1, -0.05) is 30.0 Å². The fourth-order valence-corrected chi connectivity index (χ4v) is 3.13. The van der Waals surface area contributed by atoms with Crippen molar-refractivity contribution in [1.82, 2.24) is 0 Å². The monoisotopic (exact) mass is 262 g/mol. The molecule has 0 spiro atoms. The minimum Gasteiger partial charge on any atom is -0.378 e. The zero-order valence-electron chi connectivity index (χ0n) is 10.4. The van der Waals surface area contributed by atoms with E-state index in [0.29, 0.717) is 12.2 Å². The summed E-state index contributed by atoms with van der Waals surface area (Å²) < 4.78 is 11.9. The van der Waals surface area contributed by atoms with E-state index in [0.717, 1.165) is 30.6 Å². The smallest absolute Gasteiger partial charge is 0.125 e. The third-order valence-corrected chi connectivity index (χ3v) is 4.54. The lowest BCUT2D eigenvalue weighted by atomic mass is 10.0. The minimum atomic E-state index is -0.984. The van der Waals surface area contributed by atoms with Gasteiger partial charge in [-0.2, -0.15) is 0 Å². The standard InChI is InChI=1S/C15H18O2S/c16-15(10-4-5-11-15)12-6-7-13-18(17)14-8-2-1-3-9-14/h1-3,8-9,16H,4-5,7,10-11,13H2. The van der Waals surface area contributed by atoms with Gasteiger partial charge in [-0.3, -0.25) is 4.21 Å². The summed E-state index contributed by atoms with van der Waals surface area (Å²) in [7, 11) is -0.984. The number of aliphatic hydroxyl groups is 1. The zero-order chi connectivity index (χ0) is 12.8. The van der Waals surface area contributed by atoms with Crippen molar-refractivity contribution in [3.63, 3.8) is 0 Å². The molecule has 1 aliphatic rings. The molecule has 96 valence electrons. The molecule has 2 nitrogen and oxygen atoms in total. The molecule has 3 heteroatoms. The SMILES string of the molecule is O=S(CCC#CC1(O)CCCC1)c1ccccc1. The van der Waals surface area contributed by atoms with Gasteiger partial charge >= 0.3 is 0 Å². The average Bonchev–Trinajstić information content (AvgIpc) is 2.83. The lowest BCUT2D eigenvalue weighted by Crippen LogP contribution is -2.20. The molecule has 1 aromatic carbocycles. The number of hydrogen-bond acceptors (Lipinski definition) is 2. The van der Waals surface area contributed by atoms with Crippen LogP contribution in [-0.4, -0.2) is 20.7 Å². The molecular weight excluding hydrogens is 244 g/mol. The van der Waals surface area contributed by atoms with Crippen LogP contribution in [0.5, 0.6) is 0 Å². The zero-order valence-corrected chi connectivity index (χ0v) is 11.2. The van der Waals surface area contributed by atoms with Crippen LogP contribution < -0.4 is 0 Å². The number of benzene rings is 1. The molecule has 1 aromatic rings. The van der Waals surface area contributed by atoms with Gasteiger partial charge in [-0.15, -0.1) is 0 Å². The molecule has 0 radical (unpaired) electrons. The fourth-order valence-electron chi connectivity index (χ4n) is 2.15. The maximum Gasteiger partial charge on any atom is 0.125 e. The highest BCUT2D eigenvalue weighted by Gasteiger charge is 2.28. The molecule has 1 saturated carbocycles. The van der Waals surface area contributed by atoms with Crippen molar-refractivity contribution in [2.75, 3.05) is 5.75 Å². The van der Waals surface area contributed by atoms with Crippen LogP contribution in [0.15, 0.2) is 35.2 Å². The quantitative estimate of drug-likeness (QED) is 0.850. The summed E-state index contributed by atoms with van der Waals surface area (Å²) >= 11 is 0. The second-order valence-electron chi connectivity index (χ2n) is 4.65. The van der Waals surface area contributed by atoms with E-state index in [1.807, 2.05) is 30.3 Å². The van der Waals surface area contributed by atoms with Gasteiger partial charge in [-0.25, -0.2) is 0 Å². The maximum atomic E-state index is 11.9. The Bertz CT molecular complexity index is 464. The van der Waals surface area contributed by atoms with Crippen molar-refractivity contribution in [3.05, 3.63) is 30.3 Å². The molecule has 1 atom stereocenters. The third kappa shape index (κ3) is 3.69. The molecule has 1 N–H and O–H groups in total. The molecule has 18 heavy (non-hydrogen) atoms. The predicted octanol–water partition coefficient (Wildman–Crippen LogP) is 2.49. The van der Waals surface area contributed by atoms with Crippen molar-refractivity contribution >= 4 is 10.8 Å². The molecule has 0 aliphatic heterocycles. The van der Waals surface area contributed by atoms with Crippen LogP contribution >= 0.6 is 0 Å². The lowest BCUT2D eigenvalue weighted by Gasteiger charge is -2.12. The van der Waals surface area contributed by atoms with Gasteiger partial charge in [0.1, 0.15) is 5.60 Å². The number of rotatable bonds is 3. The van der Waals surface area contributed by atoms with E-state index in [1.54, 1.807) is 0 Å². The van der Waals surface area contributed by atoms with Crippen molar-refractivity contribution in [2.45, 2.75) is 42.6 Å². The van der Waals surface area contributed by atoms with Gasteiger partial charge in [0, 0.05) is 17.1 Å². The summed E-state index contributed by atoms with van der Waals surface area (Å²) in [6.07, 6.45) is 4.25. The molecule has 0 amide bonds. The maximum absolute atomic E-state index is 11.9. The van der Waals surface area contributed by atoms with E-state index in [4.69, 9.17) is 0 Å². The molecule has 0 heterocycles. The van der Waals surface area contributed by atoms with E-state index in [-0.39, 0.29) is 0 Å². The Morgan fingerprint density at radius 3 is 2.56 bits per heavy atom. The highest BCUT2D eigenvalue weighted by Crippen LogP contribution is 2.28. The van der Waals surface area contributed by atoms with Crippen LogP contribution in [0.2, 0.25) is 0 Å². The summed E-state index contributed by atoms with van der Waals surface area (Å²) in [6, 6.07) is 9.43. The molecule has 0 aromatic heterocycles. The number of hydrogen-bond donors (Lipinski definition) is 1. The first kappa shape index (κ1) is 13.3. The third-order valence-electron chi connectivity index (χ3n) is 3.17. The van der Waals surface area contributed by atoms with Crippen molar-refractivity contribution in [3.8, 4) is 11.8 Å². The van der Waals surface area contributed by atoms with Crippen LogP contribution in [0.4, 0.5) is 0 Å². The van der Waals surface area contributed by atoms with Crippen molar-refractivity contribution in [2.24, 2.45) is 0 Å². The largest absolute Gasteiger partial charge is 0.378 e. The van der Waals surface area contributed by atoms with E-state index in [2.05, 4.69) is 11.8 Å². The van der Waals surface area contributed by atoms with Crippen LogP contribution in [0.3, 0.4) is 0 Å². The van der Waals surface area contributed by atoms with Gasteiger partial charge in [0.15, 0.2) is 0 Å². The van der Waals surface area contributed by atoms with Crippen LogP contribution in [0, 0.1) is 11.8 Å². The van der Waals surface area contributed by atoms with Gasteiger partial charge in [0.05, 0.1) is 10.8 Å². The van der Waals surface area contributed by atoms with E-state index >= 15 is 0 Å². The first-order valence-electron chi connectivity index (χ1n) is 6.35. The Morgan fingerprint density at radius 1 is 1.22 bits per heavy atom. The Kier molecular flexibility index (Phi) is 4.57. The minimum absolute atomic E-state index is 0.535. The summed E-state index contributed by atoms with van der Waals surface area (Å²) in [6.45, 7) is 0. The van der Waals surface area contributed by atoms with E-state index in [1.165, 1.54) is 0 Å². The molecule has 0 saturated heterocycles. The predicted molar refractivity (Wildman–Crippen MR) is 73.5 cm³/mol. The van der Waals surface area contributed by atoms with Gasteiger partial charge in [-0.05, 0) is 37.8 Å². The first-order chi connectivity index (χ1) is 8.70. The van der Waals surface area contributed by atoms with Crippen LogP contribution in [0.25, 0.3) is 0 Å². The lowest BCUT2D eigenvalue weighted by molar-refractivity contribution is 0.110. The molecule has 1 unspecified atom stereocenters. The van der Waals surface area contributed by atoms with Crippen molar-refractivity contribution < 1.29 is 9.32 Å². The van der Waals surface area contributed by atoms with Crippen molar-refractivity contribution in [1.29, 1.82) is 0 Å². The van der Waals surface area contributed by atoms with Crippen LogP contribution in [0.1, 0.15) is 32.1 Å². The molecule has 1 fully saturated rings. The summed E-state index contributed by atoms with van der Waals surface area (Å²) in [5.74, 6) is 6.45. The molecule has 2 rings (SSSR count). The summed E-state index contributed by atoms with van der Waals surface area (Å²) in [5.41, 5.74) is -0.770. The fraction of sp³-hybridized carbons (Fsp3) is 0.467. The molecule has 1 aliphatic carbocycles. The van der Waals surface area contributed by atoms with Crippen LogP contribution in [-0.2, 0) is 10.8 Å². The normalized spacial score (nSPS) is 18.9. The van der Waals surface area contributed by atoms with Gasteiger partial charge in [0.2, 0.25) is 0 Å². The summed E-state index contributed by atoms with van der Waals surface area (Å²) in [5, 5.41) is 10.0.